The Balaban J connectivity index is 1.96. The third kappa shape index (κ3) is 3.58. The maximum Gasteiger partial charge on any atom is 0.120 e. The quantitative estimate of drug-likeness (QED) is 0.727. The molecule has 15 heavy (non-hydrogen) atoms. The Labute approximate surface area is 92.5 Å². The van der Waals surface area contributed by atoms with Gasteiger partial charge < -0.3 is 4.74 Å². The van der Waals surface area contributed by atoms with Crippen LogP contribution < -0.4 is 4.74 Å². The monoisotopic (exact) mass is 204 g/mol. The van der Waals surface area contributed by atoms with Crippen LogP contribution in [0.3, 0.4) is 0 Å². The van der Waals surface area contributed by atoms with Gasteiger partial charge in [0.15, 0.2) is 0 Å². The van der Waals surface area contributed by atoms with Gasteiger partial charge in [-0.1, -0.05) is 12.1 Å². The molecule has 0 radical (unpaired) electrons. The van der Waals surface area contributed by atoms with Gasteiger partial charge in [-0.25, -0.2) is 0 Å². The van der Waals surface area contributed by atoms with Crippen molar-refractivity contribution in [2.75, 3.05) is 0 Å². The van der Waals surface area contributed by atoms with E-state index in [4.69, 9.17) is 4.74 Å². The van der Waals surface area contributed by atoms with E-state index in [2.05, 4.69) is 45.0 Å². The molecule has 1 saturated carbocycles. The molecule has 1 aliphatic carbocycles. The average Bonchev–Trinajstić information content (AvgIpc) is 2.90. The lowest BCUT2D eigenvalue weighted by molar-refractivity contribution is 0.131. The van der Waals surface area contributed by atoms with Crippen molar-refractivity contribution in [2.45, 2.75) is 45.6 Å². The maximum absolute atomic E-state index is 5.78. The van der Waals surface area contributed by atoms with Crippen LogP contribution in [0.1, 0.15) is 39.2 Å². The molecule has 0 amide bonds. The third-order valence-electron chi connectivity index (χ3n) is 2.57. The summed E-state index contributed by atoms with van der Waals surface area (Å²) >= 11 is 0. The fraction of sp³-hybridized carbons (Fsp3) is 0.571. The van der Waals surface area contributed by atoms with E-state index < -0.39 is 0 Å². The second-order valence-electron chi connectivity index (χ2n) is 5.51. The Morgan fingerprint density at radius 2 is 1.73 bits per heavy atom. The van der Waals surface area contributed by atoms with E-state index >= 15 is 0 Å². The molecular formula is C14H20O. The summed E-state index contributed by atoms with van der Waals surface area (Å²) in [6, 6.07) is 8.56. The van der Waals surface area contributed by atoms with Gasteiger partial charge in [0.25, 0.3) is 0 Å². The first kappa shape index (κ1) is 10.5. The van der Waals surface area contributed by atoms with Crippen molar-refractivity contribution in [1.29, 1.82) is 0 Å². The molecule has 1 fully saturated rings. The van der Waals surface area contributed by atoms with Gasteiger partial charge in [-0.3, -0.25) is 0 Å². The van der Waals surface area contributed by atoms with E-state index in [-0.39, 0.29) is 5.60 Å². The van der Waals surface area contributed by atoms with E-state index in [0.29, 0.717) is 0 Å². The lowest BCUT2D eigenvalue weighted by Crippen LogP contribution is -2.22. The van der Waals surface area contributed by atoms with Crippen molar-refractivity contribution in [3.05, 3.63) is 29.8 Å². The summed E-state index contributed by atoms with van der Waals surface area (Å²) < 4.78 is 5.78. The smallest absolute Gasteiger partial charge is 0.120 e. The number of ether oxygens (including phenoxy) is 1. The Morgan fingerprint density at radius 3 is 2.20 bits per heavy atom. The van der Waals surface area contributed by atoms with Crippen molar-refractivity contribution in [3.8, 4) is 5.75 Å². The molecule has 1 nitrogen and oxygen atoms in total. The zero-order valence-corrected chi connectivity index (χ0v) is 9.92. The lowest BCUT2D eigenvalue weighted by Gasteiger charge is -2.21. The molecule has 0 bridgehead atoms. The van der Waals surface area contributed by atoms with Gasteiger partial charge in [0.1, 0.15) is 11.4 Å². The molecule has 0 unspecified atom stereocenters. The minimum atomic E-state index is -0.0992. The molecule has 0 spiro atoms. The van der Waals surface area contributed by atoms with Gasteiger partial charge >= 0.3 is 0 Å². The zero-order valence-electron chi connectivity index (χ0n) is 9.92. The molecule has 0 heterocycles. The normalized spacial score (nSPS) is 16.5. The van der Waals surface area contributed by atoms with Crippen LogP contribution >= 0.6 is 0 Å². The molecule has 1 aromatic rings. The summed E-state index contributed by atoms with van der Waals surface area (Å²) in [5.74, 6) is 1.93. The van der Waals surface area contributed by atoms with E-state index in [0.717, 1.165) is 11.7 Å². The summed E-state index contributed by atoms with van der Waals surface area (Å²) in [6.07, 6.45) is 4.08. The zero-order chi connectivity index (χ0) is 10.9. The van der Waals surface area contributed by atoms with E-state index in [9.17, 15) is 0 Å². The fourth-order valence-corrected chi connectivity index (χ4v) is 1.70. The number of hydrogen-bond acceptors (Lipinski definition) is 1. The summed E-state index contributed by atoms with van der Waals surface area (Å²) in [5.41, 5.74) is 1.34. The Morgan fingerprint density at radius 1 is 1.13 bits per heavy atom. The fourth-order valence-electron chi connectivity index (χ4n) is 1.70. The predicted molar refractivity (Wildman–Crippen MR) is 63.3 cm³/mol. The molecule has 0 aromatic heterocycles. The van der Waals surface area contributed by atoms with Crippen molar-refractivity contribution in [3.63, 3.8) is 0 Å². The molecule has 2 rings (SSSR count). The van der Waals surface area contributed by atoms with Crippen LogP contribution in [-0.4, -0.2) is 5.60 Å². The predicted octanol–water partition coefficient (Wildman–Crippen LogP) is 3.82. The lowest BCUT2D eigenvalue weighted by atomic mass is 10.1. The van der Waals surface area contributed by atoms with Crippen molar-refractivity contribution in [2.24, 2.45) is 5.92 Å². The highest BCUT2D eigenvalue weighted by Crippen LogP contribution is 2.33. The van der Waals surface area contributed by atoms with E-state index in [1.54, 1.807) is 0 Å². The number of hydrogen-bond donors (Lipinski definition) is 0. The topological polar surface area (TPSA) is 9.23 Å². The first-order chi connectivity index (χ1) is 7.03. The van der Waals surface area contributed by atoms with Crippen molar-refractivity contribution in [1.82, 2.24) is 0 Å². The molecule has 0 N–H and O–H groups in total. The molecule has 1 heteroatoms. The second-order valence-corrected chi connectivity index (χ2v) is 5.51. The second kappa shape index (κ2) is 3.88. The van der Waals surface area contributed by atoms with Crippen LogP contribution in [-0.2, 0) is 6.42 Å². The van der Waals surface area contributed by atoms with Gasteiger partial charge in [0.05, 0.1) is 0 Å². The van der Waals surface area contributed by atoms with Crippen LogP contribution in [0, 0.1) is 5.92 Å². The molecule has 1 aromatic carbocycles. The van der Waals surface area contributed by atoms with Crippen molar-refractivity contribution < 1.29 is 4.74 Å². The first-order valence-electron chi connectivity index (χ1n) is 5.81. The minimum Gasteiger partial charge on any atom is -0.488 e. The SMILES string of the molecule is CC(C)(C)Oc1ccc(CC2CC2)cc1. The number of benzene rings is 1. The largest absolute Gasteiger partial charge is 0.488 e. The van der Waals surface area contributed by atoms with Crippen LogP contribution in [0.5, 0.6) is 5.75 Å². The molecular weight excluding hydrogens is 184 g/mol. The summed E-state index contributed by atoms with van der Waals surface area (Å²) in [6.45, 7) is 6.22. The minimum absolute atomic E-state index is 0.0992. The molecule has 0 saturated heterocycles. The Kier molecular flexibility index (Phi) is 2.72. The highest BCUT2D eigenvalue weighted by Gasteiger charge is 2.21. The van der Waals surface area contributed by atoms with Crippen LogP contribution in [0.4, 0.5) is 0 Å². The third-order valence-corrected chi connectivity index (χ3v) is 2.57. The maximum atomic E-state index is 5.78. The molecule has 0 aliphatic heterocycles. The summed E-state index contributed by atoms with van der Waals surface area (Å²) in [4.78, 5) is 0. The van der Waals surface area contributed by atoms with Crippen molar-refractivity contribution >= 4 is 0 Å². The van der Waals surface area contributed by atoms with Gasteiger partial charge in [-0.15, -0.1) is 0 Å². The van der Waals surface area contributed by atoms with Gasteiger partial charge in [0.2, 0.25) is 0 Å². The van der Waals surface area contributed by atoms with Gasteiger partial charge in [-0.05, 0) is 63.6 Å². The van der Waals surface area contributed by atoms with Crippen LogP contribution in [0.2, 0.25) is 0 Å². The highest BCUT2D eigenvalue weighted by atomic mass is 16.5. The Hall–Kier alpha value is -0.980. The average molecular weight is 204 g/mol. The molecule has 82 valence electrons. The van der Waals surface area contributed by atoms with Crippen LogP contribution in [0.25, 0.3) is 0 Å². The Bertz CT molecular complexity index is 314. The van der Waals surface area contributed by atoms with Gasteiger partial charge in [-0.2, -0.15) is 0 Å². The summed E-state index contributed by atoms with van der Waals surface area (Å²) in [5, 5.41) is 0. The number of rotatable bonds is 3. The van der Waals surface area contributed by atoms with E-state index in [1.165, 1.54) is 24.8 Å². The first-order valence-corrected chi connectivity index (χ1v) is 5.81. The van der Waals surface area contributed by atoms with Crippen LogP contribution in [0.15, 0.2) is 24.3 Å². The summed E-state index contributed by atoms with van der Waals surface area (Å²) in [7, 11) is 0. The van der Waals surface area contributed by atoms with E-state index in [1.807, 2.05) is 0 Å². The highest BCUT2D eigenvalue weighted by molar-refractivity contribution is 5.28. The van der Waals surface area contributed by atoms with Gasteiger partial charge in [0, 0.05) is 0 Å². The molecule has 0 atom stereocenters. The molecule has 1 aliphatic rings. The standard InChI is InChI=1S/C14H20O/c1-14(2,3)15-13-8-6-12(7-9-13)10-11-4-5-11/h6-9,11H,4-5,10H2,1-3H3.